The number of nitro benzene ring substituents is 2. The largest absolute Gasteiger partial charge is 0.569 e. The molecule has 2 amide bonds. The molecule has 2 heterocycles. The predicted octanol–water partition coefficient (Wildman–Crippen LogP) is 0.954. The summed E-state index contributed by atoms with van der Waals surface area (Å²) in [6.45, 7) is 4.95. The topological polar surface area (TPSA) is 229 Å². The highest BCUT2D eigenvalue weighted by molar-refractivity contribution is 5.76. The molecule has 1 aromatic carbocycles. The first-order valence-electron chi connectivity index (χ1n) is 12.3. The van der Waals surface area contributed by atoms with Crippen molar-refractivity contribution in [2.75, 3.05) is 52.4 Å². The maximum atomic E-state index is 12.4. The van der Waals surface area contributed by atoms with Crippen LogP contribution in [0.15, 0.2) is 22.7 Å². The van der Waals surface area contributed by atoms with Crippen molar-refractivity contribution in [2.45, 2.75) is 26.7 Å². The highest BCUT2D eigenvalue weighted by atomic mass is 16.7. The Bertz CT molecular complexity index is 1110. The average molecular weight is 569 g/mol. The van der Waals surface area contributed by atoms with Gasteiger partial charge in [-0.2, -0.15) is 0 Å². The van der Waals surface area contributed by atoms with E-state index in [9.17, 15) is 40.2 Å². The van der Waals surface area contributed by atoms with E-state index in [0.29, 0.717) is 25.0 Å². The molecule has 0 atom stereocenters. The second-order valence-corrected chi connectivity index (χ2v) is 8.53. The highest BCUT2D eigenvalue weighted by Crippen LogP contribution is 2.39. The van der Waals surface area contributed by atoms with Crippen LogP contribution in [0.1, 0.15) is 26.7 Å². The van der Waals surface area contributed by atoms with Crippen LogP contribution in [0.4, 0.5) is 11.4 Å². The van der Waals surface area contributed by atoms with E-state index in [1.54, 1.807) is 23.6 Å². The summed E-state index contributed by atoms with van der Waals surface area (Å²) in [5.41, 5.74) is -1.80. The minimum absolute atomic E-state index is 0.0477. The van der Waals surface area contributed by atoms with Crippen LogP contribution in [0, 0.1) is 30.6 Å². The van der Waals surface area contributed by atoms with Gasteiger partial charge in [0.2, 0.25) is 33.9 Å². The standard InChI is InChI=1S/C20H28N10O10/c1-3-19(31)23-5-9-25(10-6-23)29(37)21-39-17-14-18(16(28(35)36)13-15(17)27(33)34)40-22-30(38)26-11-7-24(8-12-26)20(32)4-2/h13-14H,3-12H2,1-2H3/b29-21-,30-22-. The maximum absolute atomic E-state index is 12.4. The molecule has 2 aliphatic rings. The number of rotatable bonds is 10. The van der Waals surface area contributed by atoms with Gasteiger partial charge in [0.25, 0.3) is 0 Å². The van der Waals surface area contributed by atoms with Gasteiger partial charge >= 0.3 is 11.4 Å². The lowest BCUT2D eigenvalue weighted by Gasteiger charge is -2.31. The molecule has 0 aliphatic carbocycles. The van der Waals surface area contributed by atoms with Crippen molar-refractivity contribution in [1.82, 2.24) is 19.8 Å². The second-order valence-electron chi connectivity index (χ2n) is 8.53. The van der Waals surface area contributed by atoms with E-state index < -0.39 is 32.7 Å². The minimum Gasteiger partial charge on any atom is -0.569 e. The third-order valence-electron chi connectivity index (χ3n) is 6.16. The number of benzene rings is 1. The molecule has 20 nitrogen and oxygen atoms in total. The van der Waals surface area contributed by atoms with Crippen molar-refractivity contribution in [3.05, 3.63) is 42.8 Å². The van der Waals surface area contributed by atoms with Crippen LogP contribution < -0.4 is 9.68 Å². The zero-order valence-electron chi connectivity index (χ0n) is 21.8. The van der Waals surface area contributed by atoms with Crippen LogP contribution in [0.5, 0.6) is 11.5 Å². The smallest absolute Gasteiger partial charge is 0.321 e. The first-order valence-corrected chi connectivity index (χ1v) is 12.3. The van der Waals surface area contributed by atoms with E-state index in [4.69, 9.17) is 9.68 Å². The number of carbonyl (C=O) groups is 2. The summed E-state index contributed by atoms with van der Waals surface area (Å²) in [6.07, 6.45) is 0.631. The van der Waals surface area contributed by atoms with Gasteiger partial charge in [0.05, 0.1) is 46.0 Å². The quantitative estimate of drug-likeness (QED) is 0.166. The van der Waals surface area contributed by atoms with E-state index in [1.165, 1.54) is 10.0 Å². The molecule has 3 rings (SSSR count). The van der Waals surface area contributed by atoms with Crippen molar-refractivity contribution >= 4 is 23.2 Å². The molecule has 20 heteroatoms. The molecular formula is C20H28N10O10. The Morgan fingerprint density at radius 1 is 0.700 bits per heavy atom. The zero-order valence-corrected chi connectivity index (χ0v) is 21.8. The number of hydrogen-bond acceptors (Lipinski definition) is 12. The lowest BCUT2D eigenvalue weighted by molar-refractivity contribution is -0.708. The van der Waals surface area contributed by atoms with E-state index in [2.05, 4.69) is 10.6 Å². The number of nitrogens with zero attached hydrogens (tertiary/aromatic N) is 10. The summed E-state index contributed by atoms with van der Waals surface area (Å²) in [4.78, 5) is 57.8. The molecule has 0 spiro atoms. The molecule has 0 unspecified atom stereocenters. The average Bonchev–Trinajstić information content (AvgIpc) is 2.97. The van der Waals surface area contributed by atoms with Crippen molar-refractivity contribution in [3.8, 4) is 11.5 Å². The molecule has 2 aliphatic heterocycles. The fourth-order valence-electron chi connectivity index (χ4n) is 3.91. The number of carbonyl (C=O) groups excluding carboxylic acids is 2. The van der Waals surface area contributed by atoms with E-state index in [1.807, 2.05) is 0 Å². The molecule has 2 saturated heterocycles. The van der Waals surface area contributed by atoms with Gasteiger partial charge in [0.1, 0.15) is 6.07 Å². The lowest BCUT2D eigenvalue weighted by Crippen LogP contribution is -2.50. The van der Waals surface area contributed by atoms with Gasteiger partial charge in [-0.1, -0.05) is 13.8 Å². The Kier molecular flexibility index (Phi) is 9.71. The van der Waals surface area contributed by atoms with Gasteiger partial charge in [0, 0.05) is 45.1 Å². The summed E-state index contributed by atoms with van der Waals surface area (Å²) in [5.74, 6) is -1.53. The first-order chi connectivity index (χ1) is 19.0. The van der Waals surface area contributed by atoms with Crippen LogP contribution in [-0.2, 0) is 9.59 Å². The van der Waals surface area contributed by atoms with Crippen molar-refractivity contribution in [1.29, 1.82) is 0 Å². The van der Waals surface area contributed by atoms with Gasteiger partial charge in [-0.25, -0.2) is 0 Å². The number of hydrazine groups is 2. The van der Waals surface area contributed by atoms with Gasteiger partial charge in [-0.15, -0.1) is 10.0 Å². The van der Waals surface area contributed by atoms with E-state index >= 15 is 0 Å². The Morgan fingerprint density at radius 3 is 1.35 bits per heavy atom. The Balaban J connectivity index is 1.76. The van der Waals surface area contributed by atoms with Crippen LogP contribution in [-0.4, -0.2) is 104 Å². The molecule has 40 heavy (non-hydrogen) atoms. The van der Waals surface area contributed by atoms with Gasteiger partial charge < -0.3 is 20.2 Å². The first kappa shape index (κ1) is 29.5. The minimum atomic E-state index is -0.986. The summed E-state index contributed by atoms with van der Waals surface area (Å²) in [5, 5.41) is 56.7. The Hall–Kier alpha value is -5.04. The van der Waals surface area contributed by atoms with Crippen LogP contribution in [0.3, 0.4) is 0 Å². The molecular weight excluding hydrogens is 540 g/mol. The number of amides is 2. The molecule has 0 saturated carbocycles. The predicted molar refractivity (Wildman–Crippen MR) is 130 cm³/mol. The zero-order chi connectivity index (χ0) is 29.4. The van der Waals surface area contributed by atoms with Crippen LogP contribution in [0.2, 0.25) is 0 Å². The molecule has 1 aromatic rings. The monoisotopic (exact) mass is 568 g/mol. The van der Waals surface area contributed by atoms with Crippen LogP contribution >= 0.6 is 0 Å². The van der Waals surface area contributed by atoms with Crippen LogP contribution in [0.25, 0.3) is 0 Å². The van der Waals surface area contributed by atoms with Crippen molar-refractivity contribution in [2.24, 2.45) is 10.6 Å². The molecule has 0 radical (unpaired) electrons. The summed E-state index contributed by atoms with van der Waals surface area (Å²) >= 11 is 0. The summed E-state index contributed by atoms with van der Waals surface area (Å²) in [7, 11) is 0. The lowest BCUT2D eigenvalue weighted by atomic mass is 10.2. The second kappa shape index (κ2) is 13.2. The third-order valence-corrected chi connectivity index (χ3v) is 6.16. The van der Waals surface area contributed by atoms with E-state index in [-0.39, 0.29) is 74.1 Å². The van der Waals surface area contributed by atoms with Crippen molar-refractivity contribution < 1.29 is 39.1 Å². The van der Waals surface area contributed by atoms with Gasteiger partial charge in [-0.05, 0) is 0 Å². The molecule has 0 bridgehead atoms. The summed E-state index contributed by atoms with van der Waals surface area (Å²) < 4.78 is 0. The molecule has 218 valence electrons. The van der Waals surface area contributed by atoms with Crippen molar-refractivity contribution in [3.63, 3.8) is 0 Å². The van der Waals surface area contributed by atoms with E-state index in [0.717, 1.165) is 0 Å². The normalized spacial score (nSPS) is 16.6. The fourth-order valence-corrected chi connectivity index (χ4v) is 3.91. The fraction of sp³-hybridized carbons (Fsp3) is 0.600. The van der Waals surface area contributed by atoms with Gasteiger partial charge in [0.15, 0.2) is 0 Å². The number of hydrogen-bond donors (Lipinski definition) is 0. The Labute approximate surface area is 226 Å². The summed E-state index contributed by atoms with van der Waals surface area (Å²) in [6, 6.07) is 1.23. The highest BCUT2D eigenvalue weighted by Gasteiger charge is 2.31. The molecule has 0 N–H and O–H groups in total. The van der Waals surface area contributed by atoms with Gasteiger partial charge in [-0.3, -0.25) is 39.5 Å². The molecule has 0 aromatic heterocycles. The number of nitro groups is 2. The molecule has 2 fully saturated rings. The number of piperazine rings is 2. The Morgan fingerprint density at radius 2 is 1.05 bits per heavy atom. The maximum Gasteiger partial charge on any atom is 0.321 e. The SMILES string of the molecule is CCC(=O)N1CCN(/[N+]([O-])=N/Oc2cc(O/N=[N+](\[O-])N3CCN(C(=O)CC)CC3)c([N+](=O)[O-])cc2[N+](=O)[O-])CC1. The third kappa shape index (κ3) is 7.08.